The van der Waals surface area contributed by atoms with Crippen molar-refractivity contribution < 1.29 is 19.2 Å². The molecule has 0 unspecified atom stereocenters. The normalized spacial score (nSPS) is 10.8. The fourth-order valence-corrected chi connectivity index (χ4v) is 4.23. The molecular formula is C22H18N4O5S. The minimum Gasteiger partial charge on any atom is -0.462 e. The average molecular weight is 450 g/mol. The molecule has 0 aliphatic rings. The lowest BCUT2D eigenvalue weighted by molar-refractivity contribution is -0.384. The van der Waals surface area contributed by atoms with Crippen LogP contribution in [0.3, 0.4) is 0 Å². The Kier molecular flexibility index (Phi) is 5.69. The highest BCUT2D eigenvalue weighted by molar-refractivity contribution is 7.15. The largest absolute Gasteiger partial charge is 0.462 e. The molecule has 0 fully saturated rings. The van der Waals surface area contributed by atoms with E-state index in [-0.39, 0.29) is 17.9 Å². The van der Waals surface area contributed by atoms with E-state index in [2.05, 4.69) is 10.3 Å². The van der Waals surface area contributed by atoms with Crippen LogP contribution < -0.4 is 5.32 Å². The quantitative estimate of drug-likeness (QED) is 0.258. The van der Waals surface area contributed by atoms with Gasteiger partial charge in [-0.05, 0) is 31.5 Å². The number of anilines is 1. The number of ether oxygens (including phenoxy) is 1. The number of benzene rings is 1. The molecule has 0 saturated carbocycles. The molecule has 0 spiro atoms. The molecule has 0 radical (unpaired) electrons. The first kappa shape index (κ1) is 21.2. The predicted molar refractivity (Wildman–Crippen MR) is 120 cm³/mol. The first-order valence-electron chi connectivity index (χ1n) is 9.67. The Morgan fingerprint density at radius 2 is 2.09 bits per heavy atom. The molecule has 1 amide bonds. The lowest BCUT2D eigenvalue weighted by atomic mass is 10.0. The van der Waals surface area contributed by atoms with E-state index < -0.39 is 16.8 Å². The third-order valence-electron chi connectivity index (χ3n) is 4.71. The molecule has 0 saturated heterocycles. The van der Waals surface area contributed by atoms with Gasteiger partial charge >= 0.3 is 5.97 Å². The van der Waals surface area contributed by atoms with E-state index in [1.165, 1.54) is 12.1 Å². The molecule has 10 heteroatoms. The molecule has 4 aromatic rings. The summed E-state index contributed by atoms with van der Waals surface area (Å²) in [6, 6.07) is 9.27. The Bertz CT molecular complexity index is 1360. The fraction of sp³-hybridized carbons (Fsp3) is 0.136. The van der Waals surface area contributed by atoms with E-state index in [1.807, 2.05) is 17.5 Å². The zero-order valence-corrected chi connectivity index (χ0v) is 18.0. The fourth-order valence-electron chi connectivity index (χ4n) is 3.28. The average Bonchev–Trinajstić information content (AvgIpc) is 3.35. The summed E-state index contributed by atoms with van der Waals surface area (Å²) in [5.74, 6) is -1.03. The molecule has 0 aliphatic carbocycles. The molecule has 9 nitrogen and oxygen atoms in total. The number of carbonyl (C=O) groups excluding carboxylic acids is 2. The predicted octanol–water partition coefficient (Wildman–Crippen LogP) is 4.71. The number of rotatable bonds is 6. The van der Waals surface area contributed by atoms with E-state index in [0.717, 1.165) is 17.0 Å². The van der Waals surface area contributed by atoms with Crippen molar-refractivity contribution in [2.45, 2.75) is 13.8 Å². The summed E-state index contributed by atoms with van der Waals surface area (Å²) in [4.78, 5) is 40.6. The number of esters is 1. The Labute approximate surface area is 186 Å². The van der Waals surface area contributed by atoms with Gasteiger partial charge < -0.3 is 14.5 Å². The number of fused-ring (bicyclic) bond motifs is 1. The van der Waals surface area contributed by atoms with Crippen LogP contribution >= 0.6 is 11.3 Å². The molecule has 4 rings (SSSR count). The summed E-state index contributed by atoms with van der Waals surface area (Å²) in [6.45, 7) is 3.68. The van der Waals surface area contributed by atoms with Crippen LogP contribution in [0.15, 0.2) is 54.2 Å². The van der Waals surface area contributed by atoms with Gasteiger partial charge in [-0.1, -0.05) is 12.1 Å². The van der Waals surface area contributed by atoms with Gasteiger partial charge in [0.2, 0.25) is 0 Å². The number of nitrogens with zero attached hydrogens (tertiary/aromatic N) is 3. The van der Waals surface area contributed by atoms with Crippen LogP contribution in [-0.4, -0.2) is 32.8 Å². The first-order chi connectivity index (χ1) is 15.4. The van der Waals surface area contributed by atoms with Crippen molar-refractivity contribution in [3.05, 3.63) is 81.1 Å². The van der Waals surface area contributed by atoms with Crippen molar-refractivity contribution in [3.63, 3.8) is 0 Å². The zero-order chi connectivity index (χ0) is 22.8. The van der Waals surface area contributed by atoms with Gasteiger partial charge in [-0.25, -0.2) is 9.78 Å². The topological polar surface area (TPSA) is 116 Å². The molecule has 3 heterocycles. The molecule has 0 bridgehead atoms. The highest BCUT2D eigenvalue weighted by Gasteiger charge is 2.24. The zero-order valence-electron chi connectivity index (χ0n) is 17.2. The van der Waals surface area contributed by atoms with Gasteiger partial charge in [0.15, 0.2) is 0 Å². The van der Waals surface area contributed by atoms with Crippen LogP contribution in [0.4, 0.5) is 10.7 Å². The SMILES string of the molecule is CCOC(=O)c1c(-c2cccc([N+](=O)[O-])c2)csc1NC(=O)c1ccn2cc(C)nc2c1. The Hall–Kier alpha value is -4.05. The maximum absolute atomic E-state index is 12.9. The lowest BCUT2D eigenvalue weighted by Gasteiger charge is -2.09. The monoisotopic (exact) mass is 450 g/mol. The van der Waals surface area contributed by atoms with Gasteiger partial charge in [0.05, 0.1) is 17.2 Å². The van der Waals surface area contributed by atoms with Crippen molar-refractivity contribution in [3.8, 4) is 11.1 Å². The van der Waals surface area contributed by atoms with Crippen molar-refractivity contribution >= 4 is 39.5 Å². The second-order valence-corrected chi connectivity index (χ2v) is 7.78. The number of imidazole rings is 1. The third kappa shape index (κ3) is 4.08. The summed E-state index contributed by atoms with van der Waals surface area (Å²) in [5, 5.41) is 15.9. The number of nitro groups is 1. The number of nitro benzene ring substituents is 1. The number of non-ortho nitro benzene ring substituents is 1. The number of amides is 1. The highest BCUT2D eigenvalue weighted by atomic mass is 32.1. The van der Waals surface area contributed by atoms with Gasteiger partial charge in [-0.15, -0.1) is 11.3 Å². The van der Waals surface area contributed by atoms with Gasteiger partial charge in [0.1, 0.15) is 16.2 Å². The Morgan fingerprint density at radius 1 is 1.28 bits per heavy atom. The standard InChI is InChI=1S/C22H18N4O5S/c1-3-31-22(28)19-17(14-5-4-6-16(9-14)26(29)30)12-32-21(19)24-20(27)15-7-8-25-11-13(2)23-18(25)10-15/h4-12H,3H2,1-2H3,(H,24,27). The number of hydrogen-bond donors (Lipinski definition) is 1. The Balaban J connectivity index is 1.71. The summed E-state index contributed by atoms with van der Waals surface area (Å²) in [7, 11) is 0. The number of hydrogen-bond acceptors (Lipinski definition) is 7. The molecular weight excluding hydrogens is 432 g/mol. The molecule has 32 heavy (non-hydrogen) atoms. The lowest BCUT2D eigenvalue weighted by Crippen LogP contribution is -2.15. The molecule has 1 aromatic carbocycles. The van der Waals surface area contributed by atoms with Gasteiger partial charge in [-0.2, -0.15) is 0 Å². The van der Waals surface area contributed by atoms with Gasteiger partial charge in [0.25, 0.3) is 11.6 Å². The van der Waals surface area contributed by atoms with Crippen LogP contribution in [0.25, 0.3) is 16.8 Å². The van der Waals surface area contributed by atoms with E-state index in [4.69, 9.17) is 4.74 Å². The van der Waals surface area contributed by atoms with Gasteiger partial charge in [0, 0.05) is 41.0 Å². The van der Waals surface area contributed by atoms with E-state index in [9.17, 15) is 19.7 Å². The number of aryl methyl sites for hydroxylation is 1. The summed E-state index contributed by atoms with van der Waals surface area (Å²) >= 11 is 1.15. The maximum Gasteiger partial charge on any atom is 0.341 e. The van der Waals surface area contributed by atoms with Crippen LogP contribution in [0.2, 0.25) is 0 Å². The summed E-state index contributed by atoms with van der Waals surface area (Å²) in [5.41, 5.74) is 2.82. The van der Waals surface area contributed by atoms with Crippen molar-refractivity contribution in [2.24, 2.45) is 0 Å². The van der Waals surface area contributed by atoms with Crippen LogP contribution in [0.1, 0.15) is 33.3 Å². The van der Waals surface area contributed by atoms with Crippen molar-refractivity contribution in [1.29, 1.82) is 0 Å². The van der Waals surface area contributed by atoms with Crippen LogP contribution in [0.5, 0.6) is 0 Å². The molecule has 162 valence electrons. The highest BCUT2D eigenvalue weighted by Crippen LogP contribution is 2.37. The molecule has 0 atom stereocenters. The van der Waals surface area contributed by atoms with Crippen LogP contribution in [-0.2, 0) is 4.74 Å². The molecule has 3 aromatic heterocycles. The first-order valence-corrected chi connectivity index (χ1v) is 10.6. The maximum atomic E-state index is 12.9. The number of nitrogens with one attached hydrogen (secondary N) is 1. The second kappa shape index (κ2) is 8.60. The number of carbonyl (C=O) groups is 2. The molecule has 1 N–H and O–H groups in total. The minimum atomic E-state index is -0.620. The van der Waals surface area contributed by atoms with E-state index in [0.29, 0.717) is 27.3 Å². The smallest absolute Gasteiger partial charge is 0.341 e. The van der Waals surface area contributed by atoms with E-state index >= 15 is 0 Å². The summed E-state index contributed by atoms with van der Waals surface area (Å²) < 4.78 is 6.99. The van der Waals surface area contributed by atoms with Crippen molar-refractivity contribution in [2.75, 3.05) is 11.9 Å². The Morgan fingerprint density at radius 3 is 2.84 bits per heavy atom. The van der Waals surface area contributed by atoms with Crippen molar-refractivity contribution in [1.82, 2.24) is 9.38 Å². The summed E-state index contributed by atoms with van der Waals surface area (Å²) in [6.07, 6.45) is 3.58. The number of thiophene rings is 1. The molecule has 0 aliphatic heterocycles. The third-order valence-corrected chi connectivity index (χ3v) is 5.60. The minimum absolute atomic E-state index is 0.0996. The van der Waals surface area contributed by atoms with E-state index in [1.54, 1.807) is 42.8 Å². The number of pyridine rings is 1. The van der Waals surface area contributed by atoms with Crippen LogP contribution in [0, 0.1) is 17.0 Å². The second-order valence-electron chi connectivity index (χ2n) is 6.90. The van der Waals surface area contributed by atoms with Gasteiger partial charge in [-0.3, -0.25) is 14.9 Å². The number of aromatic nitrogens is 2.